The molecule has 108 valence electrons. The topological polar surface area (TPSA) is 39.9 Å². The van der Waals surface area contributed by atoms with Gasteiger partial charge in [0, 0.05) is 32.6 Å². The van der Waals surface area contributed by atoms with Crippen LogP contribution >= 0.6 is 15.9 Å². The predicted octanol–water partition coefficient (Wildman–Crippen LogP) is 4.02. The van der Waals surface area contributed by atoms with E-state index in [0.717, 1.165) is 22.3 Å². The first kappa shape index (κ1) is 15.4. The van der Waals surface area contributed by atoms with Crippen molar-refractivity contribution in [1.82, 2.24) is 14.8 Å². The third kappa shape index (κ3) is 4.26. The molecule has 4 nitrogen and oxygen atoms in total. The van der Waals surface area contributed by atoms with E-state index in [2.05, 4.69) is 45.7 Å². The lowest BCUT2D eigenvalue weighted by molar-refractivity contribution is 0.0797. The summed E-state index contributed by atoms with van der Waals surface area (Å²) in [7, 11) is -1.04. The molecule has 0 saturated carbocycles. The molecular weight excluding hydrogens is 334 g/mol. The Bertz CT molecular complexity index is 551. The quantitative estimate of drug-likeness (QED) is 0.581. The highest BCUT2D eigenvalue weighted by Crippen LogP contribution is 2.27. The molecule has 0 N–H and O–H groups in total. The summed E-state index contributed by atoms with van der Waals surface area (Å²) in [5, 5.41) is 4.36. The average molecular weight is 354 g/mol. The molecule has 2 aromatic rings. The van der Waals surface area contributed by atoms with Gasteiger partial charge in [-0.25, -0.2) is 4.68 Å². The van der Waals surface area contributed by atoms with Crippen LogP contribution in [0.3, 0.4) is 0 Å². The minimum absolute atomic E-state index is 0.480. The highest BCUT2D eigenvalue weighted by Gasteiger charge is 2.14. The fraction of sp³-hybridized carbons (Fsp3) is 0.429. The summed E-state index contributed by atoms with van der Waals surface area (Å²) in [6.45, 7) is 8.33. The summed E-state index contributed by atoms with van der Waals surface area (Å²) < 4.78 is 8.62. The third-order valence-corrected chi connectivity index (χ3v) is 5.24. The molecule has 2 aromatic heterocycles. The number of nitrogens with zero attached hydrogens (tertiary/aromatic N) is 3. The average Bonchev–Trinajstić information content (AvgIpc) is 2.76. The van der Waals surface area contributed by atoms with Crippen molar-refractivity contribution in [3.63, 3.8) is 0 Å². The first-order valence-corrected chi connectivity index (χ1v) is 11.2. The Hall–Kier alpha value is -0.983. The molecule has 0 aliphatic heterocycles. The van der Waals surface area contributed by atoms with Crippen molar-refractivity contribution in [2.45, 2.75) is 32.4 Å². The van der Waals surface area contributed by atoms with E-state index in [9.17, 15) is 0 Å². The predicted molar refractivity (Wildman–Crippen MR) is 87.3 cm³/mol. The van der Waals surface area contributed by atoms with E-state index in [1.165, 1.54) is 6.04 Å². The number of aromatic nitrogens is 3. The van der Waals surface area contributed by atoms with Crippen LogP contribution in [0.15, 0.2) is 35.2 Å². The Kier molecular flexibility index (Phi) is 5.12. The molecule has 0 saturated heterocycles. The van der Waals surface area contributed by atoms with Crippen LogP contribution in [0.25, 0.3) is 11.3 Å². The normalized spacial score (nSPS) is 11.8. The van der Waals surface area contributed by atoms with Gasteiger partial charge in [-0.1, -0.05) is 19.6 Å². The molecule has 0 spiro atoms. The maximum absolute atomic E-state index is 5.77. The van der Waals surface area contributed by atoms with Gasteiger partial charge in [0.15, 0.2) is 0 Å². The van der Waals surface area contributed by atoms with Crippen LogP contribution < -0.4 is 0 Å². The minimum Gasteiger partial charge on any atom is -0.360 e. The Morgan fingerprint density at radius 2 is 1.95 bits per heavy atom. The number of ether oxygens (including phenoxy) is 1. The third-order valence-electron chi connectivity index (χ3n) is 2.96. The number of halogens is 1. The van der Waals surface area contributed by atoms with Gasteiger partial charge < -0.3 is 4.74 Å². The summed E-state index contributed by atoms with van der Waals surface area (Å²) in [5.74, 6) is 0. The molecule has 0 atom stereocenters. The molecule has 0 fully saturated rings. The minimum atomic E-state index is -1.04. The van der Waals surface area contributed by atoms with Gasteiger partial charge in [0.05, 0.1) is 16.4 Å². The largest absolute Gasteiger partial charge is 0.360 e. The molecule has 2 heterocycles. The van der Waals surface area contributed by atoms with Gasteiger partial charge in [-0.05, 0) is 34.1 Å². The summed E-state index contributed by atoms with van der Waals surface area (Å²) in [5.41, 5.74) is 2.11. The van der Waals surface area contributed by atoms with Gasteiger partial charge in [0.2, 0.25) is 0 Å². The molecule has 0 aromatic carbocycles. The lowest BCUT2D eigenvalue weighted by Gasteiger charge is -2.16. The zero-order valence-electron chi connectivity index (χ0n) is 12.1. The Morgan fingerprint density at radius 1 is 1.25 bits per heavy atom. The fourth-order valence-corrected chi connectivity index (χ4v) is 3.07. The Labute approximate surface area is 129 Å². The zero-order valence-corrected chi connectivity index (χ0v) is 14.7. The lowest BCUT2D eigenvalue weighted by atomic mass is 10.2. The van der Waals surface area contributed by atoms with E-state index in [-0.39, 0.29) is 0 Å². The van der Waals surface area contributed by atoms with Crippen molar-refractivity contribution in [2.24, 2.45) is 0 Å². The number of rotatable bonds is 6. The van der Waals surface area contributed by atoms with Gasteiger partial charge in [-0.3, -0.25) is 4.98 Å². The lowest BCUT2D eigenvalue weighted by Crippen LogP contribution is -2.22. The van der Waals surface area contributed by atoms with Crippen LogP contribution in [0, 0.1) is 0 Å². The Morgan fingerprint density at radius 3 is 2.60 bits per heavy atom. The number of hydrogen-bond acceptors (Lipinski definition) is 3. The first-order chi connectivity index (χ1) is 9.47. The second kappa shape index (κ2) is 6.65. The molecular formula is C14H20BrN3OSi. The van der Waals surface area contributed by atoms with E-state index < -0.39 is 8.07 Å². The van der Waals surface area contributed by atoms with Gasteiger partial charge in [-0.2, -0.15) is 5.10 Å². The molecule has 0 bridgehead atoms. The SMILES string of the molecule is C[Si](C)(C)CCOCn1ncc(Br)c1-c1ccncc1. The van der Waals surface area contributed by atoms with Crippen LogP contribution in [0.5, 0.6) is 0 Å². The van der Waals surface area contributed by atoms with E-state index in [1.54, 1.807) is 18.6 Å². The maximum Gasteiger partial charge on any atom is 0.140 e. The molecule has 6 heteroatoms. The number of pyridine rings is 1. The summed E-state index contributed by atoms with van der Waals surface area (Å²) in [6, 6.07) is 5.11. The monoisotopic (exact) mass is 353 g/mol. The van der Waals surface area contributed by atoms with E-state index in [4.69, 9.17) is 4.74 Å². The van der Waals surface area contributed by atoms with Gasteiger partial charge in [0.25, 0.3) is 0 Å². The fourth-order valence-electron chi connectivity index (χ4n) is 1.79. The van der Waals surface area contributed by atoms with Crippen molar-refractivity contribution in [3.8, 4) is 11.3 Å². The van der Waals surface area contributed by atoms with E-state index in [0.29, 0.717) is 6.73 Å². The Balaban J connectivity index is 2.03. The molecule has 0 radical (unpaired) electrons. The van der Waals surface area contributed by atoms with Gasteiger partial charge in [-0.15, -0.1) is 0 Å². The molecule has 0 unspecified atom stereocenters. The van der Waals surface area contributed by atoms with E-state index >= 15 is 0 Å². The van der Waals surface area contributed by atoms with Gasteiger partial charge in [0.1, 0.15) is 6.73 Å². The summed E-state index contributed by atoms with van der Waals surface area (Å²) >= 11 is 3.54. The summed E-state index contributed by atoms with van der Waals surface area (Å²) in [4.78, 5) is 4.05. The molecule has 20 heavy (non-hydrogen) atoms. The molecule has 2 rings (SSSR count). The smallest absolute Gasteiger partial charge is 0.140 e. The second-order valence-corrected chi connectivity index (χ2v) is 12.4. The molecule has 0 aliphatic rings. The highest BCUT2D eigenvalue weighted by atomic mass is 79.9. The van der Waals surface area contributed by atoms with Crippen LogP contribution in [0.2, 0.25) is 25.7 Å². The van der Waals surface area contributed by atoms with Crippen LogP contribution in [0.4, 0.5) is 0 Å². The van der Waals surface area contributed by atoms with Crippen molar-refractivity contribution in [3.05, 3.63) is 35.2 Å². The molecule has 0 aliphatic carbocycles. The van der Waals surface area contributed by atoms with Crippen LogP contribution in [-0.2, 0) is 11.5 Å². The second-order valence-electron chi connectivity index (χ2n) is 5.92. The zero-order chi connectivity index (χ0) is 14.6. The first-order valence-electron chi connectivity index (χ1n) is 6.67. The van der Waals surface area contributed by atoms with Crippen LogP contribution in [0.1, 0.15) is 0 Å². The number of hydrogen-bond donors (Lipinski definition) is 0. The van der Waals surface area contributed by atoms with Crippen LogP contribution in [-0.4, -0.2) is 29.4 Å². The standard InChI is InChI=1S/C14H20BrN3OSi/c1-20(2,3)9-8-19-11-18-14(13(15)10-17-18)12-4-6-16-7-5-12/h4-7,10H,8-9,11H2,1-3H3. The van der Waals surface area contributed by atoms with Crippen molar-refractivity contribution in [1.29, 1.82) is 0 Å². The maximum atomic E-state index is 5.77. The van der Waals surface area contributed by atoms with Crippen molar-refractivity contribution in [2.75, 3.05) is 6.61 Å². The van der Waals surface area contributed by atoms with Crippen molar-refractivity contribution >= 4 is 24.0 Å². The highest BCUT2D eigenvalue weighted by molar-refractivity contribution is 9.10. The van der Waals surface area contributed by atoms with E-state index in [1.807, 2.05) is 16.8 Å². The van der Waals surface area contributed by atoms with Crippen molar-refractivity contribution < 1.29 is 4.74 Å². The molecule has 0 amide bonds. The summed E-state index contributed by atoms with van der Waals surface area (Å²) in [6.07, 6.45) is 5.37. The van der Waals surface area contributed by atoms with Gasteiger partial charge >= 0.3 is 0 Å².